The summed E-state index contributed by atoms with van der Waals surface area (Å²) in [4.78, 5) is 11.5. The molecule has 12 atom stereocenters. The standard InChI is InChI=1S/C30H42O8/c1-16-24(32)25(33)26(34)27(37-16)38-19-8-11-28(2)18(14-19)5-6-22-21(28)9-12-29(3)20(10-13-30(22,29)35)17-4-7-23(31)36-15-17/h4,7,14-16,19-22,24-27,32-35H,5-6,8-13H2,1-3H3/t16?,19-,20+,21-,22?,24?,25?,26?,27?,28?,29?,30?/m0/s1. The van der Waals surface area contributed by atoms with Crippen LogP contribution in [0.15, 0.2) is 39.3 Å². The Kier molecular flexibility index (Phi) is 6.49. The molecule has 4 N–H and O–H groups in total. The Bertz CT molecular complexity index is 1130. The molecule has 4 fully saturated rings. The van der Waals surface area contributed by atoms with Crippen LogP contribution in [0.25, 0.3) is 0 Å². The Morgan fingerprint density at radius 3 is 2.47 bits per heavy atom. The molecular weight excluding hydrogens is 488 g/mol. The molecule has 4 aliphatic carbocycles. The lowest BCUT2D eigenvalue weighted by molar-refractivity contribution is -0.301. The Morgan fingerprint density at radius 2 is 1.74 bits per heavy atom. The average Bonchev–Trinajstić information content (AvgIpc) is 3.18. The van der Waals surface area contributed by atoms with Crippen LogP contribution in [-0.2, 0) is 9.47 Å². The summed E-state index contributed by atoms with van der Waals surface area (Å²) in [6.07, 6.45) is 5.32. The van der Waals surface area contributed by atoms with Crippen molar-refractivity contribution in [2.24, 2.45) is 22.7 Å². The quantitative estimate of drug-likeness (QED) is 0.439. The van der Waals surface area contributed by atoms with E-state index in [1.807, 2.05) is 6.07 Å². The molecule has 0 spiro atoms. The summed E-state index contributed by atoms with van der Waals surface area (Å²) in [6, 6.07) is 3.36. The summed E-state index contributed by atoms with van der Waals surface area (Å²) in [5.74, 6) is 0.759. The number of aliphatic hydroxyl groups is 4. The van der Waals surface area contributed by atoms with Gasteiger partial charge in [-0.25, -0.2) is 4.79 Å². The molecule has 6 rings (SSSR count). The van der Waals surface area contributed by atoms with Crippen LogP contribution >= 0.6 is 0 Å². The number of hydrogen-bond donors (Lipinski definition) is 4. The largest absolute Gasteiger partial charge is 0.431 e. The first-order chi connectivity index (χ1) is 18.0. The first-order valence-corrected chi connectivity index (χ1v) is 14.4. The SMILES string of the molecule is CC1OC(O[C@@H]2C=C3CCC4[C@H](CCC5(C)[C@@H](c6ccc(=O)oc6)CCC45O)C3(C)CC2)C(O)C(O)C1O. The maximum atomic E-state index is 12.4. The van der Waals surface area contributed by atoms with Crippen molar-refractivity contribution in [3.05, 3.63) is 46.0 Å². The summed E-state index contributed by atoms with van der Waals surface area (Å²) >= 11 is 0. The molecular formula is C30H42O8. The summed E-state index contributed by atoms with van der Waals surface area (Å²) in [5, 5.41) is 43.0. The maximum absolute atomic E-state index is 12.4. The number of aliphatic hydroxyl groups excluding tert-OH is 3. The van der Waals surface area contributed by atoms with E-state index >= 15 is 0 Å². The van der Waals surface area contributed by atoms with Crippen LogP contribution in [0.2, 0.25) is 0 Å². The van der Waals surface area contributed by atoms with E-state index in [1.54, 1.807) is 13.2 Å². The zero-order chi connectivity index (χ0) is 27.0. The third-order valence-electron chi connectivity index (χ3n) is 11.5. The van der Waals surface area contributed by atoms with E-state index in [9.17, 15) is 25.2 Å². The molecule has 38 heavy (non-hydrogen) atoms. The van der Waals surface area contributed by atoms with Gasteiger partial charge in [-0.2, -0.15) is 0 Å². The number of hydrogen-bond acceptors (Lipinski definition) is 8. The molecule has 8 nitrogen and oxygen atoms in total. The molecule has 1 saturated heterocycles. The van der Waals surface area contributed by atoms with E-state index in [0.29, 0.717) is 5.92 Å². The van der Waals surface area contributed by atoms with Crippen molar-refractivity contribution in [2.75, 3.05) is 0 Å². The predicted octanol–water partition coefficient (Wildman–Crippen LogP) is 3.01. The molecule has 0 aromatic carbocycles. The van der Waals surface area contributed by atoms with E-state index in [0.717, 1.165) is 56.9 Å². The third kappa shape index (κ3) is 3.82. The van der Waals surface area contributed by atoms with Crippen molar-refractivity contribution in [1.29, 1.82) is 0 Å². The molecule has 1 aromatic heterocycles. The Labute approximate surface area is 223 Å². The van der Waals surface area contributed by atoms with Gasteiger partial charge in [-0.3, -0.25) is 0 Å². The van der Waals surface area contributed by atoms with E-state index in [1.165, 1.54) is 11.6 Å². The molecule has 3 saturated carbocycles. The zero-order valence-electron chi connectivity index (χ0n) is 22.6. The lowest BCUT2D eigenvalue weighted by atomic mass is 9.45. The smallest absolute Gasteiger partial charge is 0.335 e. The monoisotopic (exact) mass is 530 g/mol. The molecule has 0 radical (unpaired) electrons. The van der Waals surface area contributed by atoms with E-state index < -0.39 is 36.3 Å². The predicted molar refractivity (Wildman–Crippen MR) is 138 cm³/mol. The van der Waals surface area contributed by atoms with Crippen LogP contribution in [0.4, 0.5) is 0 Å². The van der Waals surface area contributed by atoms with Crippen LogP contribution in [-0.4, -0.2) is 62.8 Å². The van der Waals surface area contributed by atoms with E-state index in [2.05, 4.69) is 19.9 Å². The van der Waals surface area contributed by atoms with Gasteiger partial charge < -0.3 is 34.3 Å². The van der Waals surface area contributed by atoms with Gasteiger partial charge in [0.15, 0.2) is 6.29 Å². The molecule has 9 unspecified atom stereocenters. The van der Waals surface area contributed by atoms with Crippen molar-refractivity contribution >= 4 is 0 Å². The molecule has 0 bridgehead atoms. The summed E-state index contributed by atoms with van der Waals surface area (Å²) in [7, 11) is 0. The third-order valence-corrected chi connectivity index (χ3v) is 11.5. The van der Waals surface area contributed by atoms with Crippen LogP contribution in [0.3, 0.4) is 0 Å². The van der Waals surface area contributed by atoms with E-state index in [4.69, 9.17) is 13.9 Å². The van der Waals surface area contributed by atoms with Crippen LogP contribution in [0, 0.1) is 22.7 Å². The van der Waals surface area contributed by atoms with Crippen molar-refractivity contribution < 1.29 is 34.3 Å². The summed E-state index contributed by atoms with van der Waals surface area (Å²) in [6.45, 7) is 6.26. The number of allylic oxidation sites excluding steroid dienone is 1. The molecule has 5 aliphatic rings. The highest BCUT2D eigenvalue weighted by Gasteiger charge is 2.66. The lowest BCUT2D eigenvalue weighted by Crippen LogP contribution is -2.60. The number of fused-ring (bicyclic) bond motifs is 5. The summed E-state index contributed by atoms with van der Waals surface area (Å²) < 4.78 is 17.0. The second kappa shape index (κ2) is 9.25. The Balaban J connectivity index is 1.21. The maximum Gasteiger partial charge on any atom is 0.335 e. The highest BCUT2D eigenvalue weighted by Crippen LogP contribution is 2.70. The van der Waals surface area contributed by atoms with E-state index in [-0.39, 0.29) is 34.4 Å². The molecule has 8 heteroatoms. The van der Waals surface area contributed by atoms with Crippen LogP contribution in [0.1, 0.15) is 83.6 Å². The molecule has 1 aromatic rings. The van der Waals surface area contributed by atoms with Crippen molar-refractivity contribution in [3.8, 4) is 0 Å². The number of ether oxygens (including phenoxy) is 2. The molecule has 1 aliphatic heterocycles. The first-order valence-electron chi connectivity index (χ1n) is 14.4. The minimum absolute atomic E-state index is 0.0213. The zero-order valence-corrected chi connectivity index (χ0v) is 22.6. The highest BCUT2D eigenvalue weighted by molar-refractivity contribution is 5.31. The van der Waals surface area contributed by atoms with Gasteiger partial charge in [-0.05, 0) is 93.1 Å². The average molecular weight is 531 g/mol. The van der Waals surface area contributed by atoms with Crippen molar-refractivity contribution in [2.45, 2.75) is 120 Å². The highest BCUT2D eigenvalue weighted by atomic mass is 16.7. The van der Waals surface area contributed by atoms with Crippen molar-refractivity contribution in [1.82, 2.24) is 0 Å². The summed E-state index contributed by atoms with van der Waals surface area (Å²) in [5.41, 5.74) is 0.991. The lowest BCUT2D eigenvalue weighted by Gasteiger charge is -2.62. The minimum atomic E-state index is -1.31. The fourth-order valence-corrected chi connectivity index (χ4v) is 9.17. The Hall–Kier alpha value is -1.55. The second-order valence-electron chi connectivity index (χ2n) is 13.1. The van der Waals surface area contributed by atoms with Gasteiger partial charge in [0.05, 0.1) is 24.1 Å². The second-order valence-corrected chi connectivity index (χ2v) is 13.1. The van der Waals surface area contributed by atoms with Crippen LogP contribution < -0.4 is 5.63 Å². The van der Waals surface area contributed by atoms with Gasteiger partial charge in [0, 0.05) is 11.5 Å². The minimum Gasteiger partial charge on any atom is -0.431 e. The molecule has 210 valence electrons. The first kappa shape index (κ1) is 26.7. The van der Waals surface area contributed by atoms with Gasteiger partial charge in [-0.15, -0.1) is 0 Å². The number of rotatable bonds is 3. The topological polar surface area (TPSA) is 130 Å². The van der Waals surface area contributed by atoms with Crippen LogP contribution in [0.5, 0.6) is 0 Å². The van der Waals surface area contributed by atoms with Gasteiger partial charge in [0.1, 0.15) is 18.3 Å². The molecule has 0 amide bonds. The van der Waals surface area contributed by atoms with Gasteiger partial charge in [0.25, 0.3) is 0 Å². The fraction of sp³-hybridized carbons (Fsp3) is 0.767. The normalized spacial score (nSPS) is 50.5. The van der Waals surface area contributed by atoms with Gasteiger partial charge >= 0.3 is 5.63 Å². The van der Waals surface area contributed by atoms with Crippen molar-refractivity contribution in [3.63, 3.8) is 0 Å². The van der Waals surface area contributed by atoms with Gasteiger partial charge in [-0.1, -0.05) is 25.5 Å². The Morgan fingerprint density at radius 1 is 0.947 bits per heavy atom. The molecule has 2 heterocycles. The van der Waals surface area contributed by atoms with Gasteiger partial charge in [0.2, 0.25) is 0 Å². The fourth-order valence-electron chi connectivity index (χ4n) is 9.17.